The van der Waals surface area contributed by atoms with Gasteiger partial charge in [0.05, 0.1) is 7.11 Å². The molecule has 0 fully saturated rings. The Balaban J connectivity index is 2.85. The zero-order valence-electron chi connectivity index (χ0n) is 8.28. The molecule has 1 aromatic rings. The fraction of sp³-hybridized carbons (Fsp3) is 0.182. The Labute approximate surface area is 83.4 Å². The molecule has 14 heavy (non-hydrogen) atoms. The fourth-order valence-corrected chi connectivity index (χ4v) is 1.05. The molecule has 3 nitrogen and oxygen atoms in total. The molecule has 0 atom stereocenters. The zero-order chi connectivity index (χ0) is 10.4. The highest BCUT2D eigenvalue weighted by Crippen LogP contribution is 2.18. The topological polar surface area (TPSA) is 38.3 Å². The Morgan fingerprint density at radius 1 is 1.43 bits per heavy atom. The van der Waals surface area contributed by atoms with Gasteiger partial charge in [0.1, 0.15) is 5.75 Å². The number of carbonyl (C=O) groups excluding carboxylic acids is 1. The van der Waals surface area contributed by atoms with E-state index < -0.39 is 0 Å². The van der Waals surface area contributed by atoms with Gasteiger partial charge in [-0.05, 0) is 12.1 Å². The Bertz CT molecular complexity index is 345. The largest absolute Gasteiger partial charge is 0.496 e. The summed E-state index contributed by atoms with van der Waals surface area (Å²) in [5.74, 6) is 0.628. The summed E-state index contributed by atoms with van der Waals surface area (Å²) in [6.45, 7) is 0. The van der Waals surface area contributed by atoms with Gasteiger partial charge in [0.15, 0.2) is 0 Å². The molecular formula is C11H13NO2. The molecule has 0 saturated heterocycles. The van der Waals surface area contributed by atoms with E-state index in [9.17, 15) is 4.79 Å². The molecule has 0 aliphatic rings. The van der Waals surface area contributed by atoms with Crippen molar-refractivity contribution >= 4 is 12.0 Å². The number of carbonyl (C=O) groups is 1. The lowest BCUT2D eigenvalue weighted by molar-refractivity contribution is -0.115. The van der Waals surface area contributed by atoms with Crippen LogP contribution in [0.3, 0.4) is 0 Å². The third-order valence-corrected chi connectivity index (χ3v) is 1.80. The monoisotopic (exact) mass is 191 g/mol. The SMILES string of the molecule is CNC(=O)C=Cc1ccccc1OC. The van der Waals surface area contributed by atoms with Crippen LogP contribution >= 0.6 is 0 Å². The number of ether oxygens (including phenoxy) is 1. The summed E-state index contributed by atoms with van der Waals surface area (Å²) >= 11 is 0. The standard InChI is InChI=1S/C11H13NO2/c1-12-11(13)8-7-9-5-3-4-6-10(9)14-2/h3-8H,1-2H3,(H,12,13). The molecule has 0 aliphatic heterocycles. The molecule has 3 heteroatoms. The van der Waals surface area contributed by atoms with E-state index >= 15 is 0 Å². The van der Waals surface area contributed by atoms with Crippen LogP contribution in [0.2, 0.25) is 0 Å². The second-order valence-electron chi connectivity index (χ2n) is 2.69. The summed E-state index contributed by atoms with van der Waals surface area (Å²) in [7, 11) is 3.20. The molecular weight excluding hydrogens is 178 g/mol. The van der Waals surface area contributed by atoms with Crippen LogP contribution in [0.5, 0.6) is 5.75 Å². The maximum atomic E-state index is 10.9. The van der Waals surface area contributed by atoms with Crippen LogP contribution in [0.25, 0.3) is 6.08 Å². The Kier molecular flexibility index (Phi) is 3.73. The first-order chi connectivity index (χ1) is 6.77. The van der Waals surface area contributed by atoms with Gasteiger partial charge in [-0.25, -0.2) is 0 Å². The smallest absolute Gasteiger partial charge is 0.243 e. The molecule has 0 radical (unpaired) electrons. The highest BCUT2D eigenvalue weighted by molar-refractivity contribution is 5.91. The lowest BCUT2D eigenvalue weighted by atomic mass is 10.2. The van der Waals surface area contributed by atoms with Crippen molar-refractivity contribution in [3.8, 4) is 5.75 Å². The minimum atomic E-state index is -0.129. The van der Waals surface area contributed by atoms with Crippen LogP contribution in [-0.4, -0.2) is 20.1 Å². The number of methoxy groups -OCH3 is 1. The zero-order valence-corrected chi connectivity index (χ0v) is 8.28. The number of nitrogens with one attached hydrogen (secondary N) is 1. The number of amides is 1. The van der Waals surface area contributed by atoms with Crippen molar-refractivity contribution in [1.29, 1.82) is 0 Å². The predicted molar refractivity (Wildman–Crippen MR) is 56.1 cm³/mol. The van der Waals surface area contributed by atoms with Crippen LogP contribution in [0.4, 0.5) is 0 Å². The Hall–Kier alpha value is -1.77. The van der Waals surface area contributed by atoms with E-state index in [-0.39, 0.29) is 5.91 Å². The second-order valence-corrected chi connectivity index (χ2v) is 2.69. The fourth-order valence-electron chi connectivity index (χ4n) is 1.05. The van der Waals surface area contributed by atoms with Crippen LogP contribution in [0, 0.1) is 0 Å². The van der Waals surface area contributed by atoms with Gasteiger partial charge < -0.3 is 10.1 Å². The summed E-state index contributed by atoms with van der Waals surface area (Å²) < 4.78 is 5.13. The summed E-state index contributed by atoms with van der Waals surface area (Å²) in [6, 6.07) is 7.52. The Morgan fingerprint density at radius 3 is 2.79 bits per heavy atom. The molecule has 0 aromatic heterocycles. The molecule has 74 valence electrons. The first-order valence-corrected chi connectivity index (χ1v) is 4.30. The van der Waals surface area contributed by atoms with E-state index in [1.165, 1.54) is 6.08 Å². The van der Waals surface area contributed by atoms with Crippen LogP contribution in [0.15, 0.2) is 30.3 Å². The van der Waals surface area contributed by atoms with Gasteiger partial charge in [0.25, 0.3) is 0 Å². The lowest BCUT2D eigenvalue weighted by Crippen LogP contribution is -2.13. The molecule has 0 spiro atoms. The predicted octanol–water partition coefficient (Wildman–Crippen LogP) is 1.45. The minimum Gasteiger partial charge on any atom is -0.496 e. The van der Waals surface area contributed by atoms with Crippen molar-refractivity contribution in [2.75, 3.05) is 14.2 Å². The van der Waals surface area contributed by atoms with E-state index in [1.807, 2.05) is 24.3 Å². The summed E-state index contributed by atoms with van der Waals surface area (Å²) in [5, 5.41) is 2.51. The maximum absolute atomic E-state index is 10.9. The lowest BCUT2D eigenvalue weighted by Gasteiger charge is -2.02. The average Bonchev–Trinajstić information content (AvgIpc) is 2.26. The van der Waals surface area contributed by atoms with Crippen molar-refractivity contribution in [2.45, 2.75) is 0 Å². The van der Waals surface area contributed by atoms with Gasteiger partial charge in [0, 0.05) is 18.7 Å². The first kappa shape index (κ1) is 10.3. The van der Waals surface area contributed by atoms with Crippen molar-refractivity contribution < 1.29 is 9.53 Å². The molecule has 1 N–H and O–H groups in total. The summed E-state index contributed by atoms with van der Waals surface area (Å²) in [4.78, 5) is 10.9. The summed E-state index contributed by atoms with van der Waals surface area (Å²) in [6.07, 6.45) is 3.19. The highest BCUT2D eigenvalue weighted by atomic mass is 16.5. The molecule has 0 unspecified atom stereocenters. The van der Waals surface area contributed by atoms with Crippen molar-refractivity contribution in [2.24, 2.45) is 0 Å². The molecule has 1 aromatic carbocycles. The number of rotatable bonds is 3. The van der Waals surface area contributed by atoms with Crippen LogP contribution < -0.4 is 10.1 Å². The maximum Gasteiger partial charge on any atom is 0.243 e. The number of hydrogen-bond donors (Lipinski definition) is 1. The van der Waals surface area contributed by atoms with E-state index in [1.54, 1.807) is 20.2 Å². The van der Waals surface area contributed by atoms with Gasteiger partial charge in [-0.1, -0.05) is 18.2 Å². The van der Waals surface area contributed by atoms with Crippen molar-refractivity contribution in [3.05, 3.63) is 35.9 Å². The number of hydrogen-bond acceptors (Lipinski definition) is 2. The molecule has 0 bridgehead atoms. The van der Waals surface area contributed by atoms with Gasteiger partial charge in [-0.2, -0.15) is 0 Å². The molecule has 0 heterocycles. The van der Waals surface area contributed by atoms with E-state index in [0.717, 1.165) is 11.3 Å². The third kappa shape index (κ3) is 2.62. The number of likely N-dealkylation sites (N-methyl/N-ethyl adjacent to an activating group) is 1. The first-order valence-electron chi connectivity index (χ1n) is 4.30. The average molecular weight is 191 g/mol. The minimum absolute atomic E-state index is 0.129. The van der Waals surface area contributed by atoms with Gasteiger partial charge in [0.2, 0.25) is 5.91 Å². The van der Waals surface area contributed by atoms with Crippen LogP contribution in [0.1, 0.15) is 5.56 Å². The normalized spacial score (nSPS) is 10.1. The molecule has 1 amide bonds. The van der Waals surface area contributed by atoms with E-state index in [0.29, 0.717) is 0 Å². The van der Waals surface area contributed by atoms with Gasteiger partial charge in [-0.3, -0.25) is 4.79 Å². The molecule has 1 rings (SSSR count). The summed E-state index contributed by atoms with van der Waals surface area (Å²) in [5.41, 5.74) is 0.888. The number of benzene rings is 1. The van der Waals surface area contributed by atoms with Gasteiger partial charge >= 0.3 is 0 Å². The van der Waals surface area contributed by atoms with Crippen LogP contribution in [-0.2, 0) is 4.79 Å². The van der Waals surface area contributed by atoms with Crippen molar-refractivity contribution in [3.63, 3.8) is 0 Å². The molecule has 0 aliphatic carbocycles. The van der Waals surface area contributed by atoms with Gasteiger partial charge in [-0.15, -0.1) is 0 Å². The quantitative estimate of drug-likeness (QED) is 0.734. The number of para-hydroxylation sites is 1. The van der Waals surface area contributed by atoms with E-state index in [4.69, 9.17) is 4.74 Å². The Morgan fingerprint density at radius 2 is 2.14 bits per heavy atom. The van der Waals surface area contributed by atoms with Crippen molar-refractivity contribution in [1.82, 2.24) is 5.32 Å². The third-order valence-electron chi connectivity index (χ3n) is 1.80. The second kappa shape index (κ2) is 5.07. The molecule has 0 saturated carbocycles. The van der Waals surface area contributed by atoms with E-state index in [2.05, 4.69) is 5.32 Å². The highest BCUT2D eigenvalue weighted by Gasteiger charge is 1.97.